The number of aromatic nitrogens is 3. The highest BCUT2D eigenvalue weighted by atomic mass is 16.5. The van der Waals surface area contributed by atoms with Crippen LogP contribution in [0.4, 0.5) is 5.82 Å². The Hall–Kier alpha value is -2.21. The third kappa shape index (κ3) is 3.28. The van der Waals surface area contributed by atoms with Gasteiger partial charge in [-0.2, -0.15) is 0 Å². The molecule has 6 nitrogen and oxygen atoms in total. The van der Waals surface area contributed by atoms with Crippen LogP contribution in [-0.2, 0) is 6.54 Å². The van der Waals surface area contributed by atoms with Gasteiger partial charge in [-0.05, 0) is 11.6 Å². The van der Waals surface area contributed by atoms with Gasteiger partial charge in [-0.25, -0.2) is 9.97 Å². The Labute approximate surface area is 124 Å². The number of piperazine rings is 1. The summed E-state index contributed by atoms with van der Waals surface area (Å²) in [6.07, 6.45) is 7.10. The molecule has 0 amide bonds. The number of anilines is 1. The summed E-state index contributed by atoms with van der Waals surface area (Å²) in [5.74, 6) is 1.43. The fraction of sp³-hybridized carbons (Fsp3) is 0.400. The van der Waals surface area contributed by atoms with Crippen molar-refractivity contribution in [1.82, 2.24) is 19.9 Å². The molecule has 6 heteroatoms. The lowest BCUT2D eigenvalue weighted by Crippen LogP contribution is -2.46. The first kappa shape index (κ1) is 13.8. The molecule has 0 bridgehead atoms. The second-order valence-electron chi connectivity index (χ2n) is 5.01. The van der Waals surface area contributed by atoms with Crippen LogP contribution >= 0.6 is 0 Å². The van der Waals surface area contributed by atoms with Gasteiger partial charge in [-0.1, -0.05) is 6.07 Å². The first-order valence-electron chi connectivity index (χ1n) is 7.08. The fourth-order valence-electron chi connectivity index (χ4n) is 2.55. The Kier molecular flexibility index (Phi) is 4.25. The lowest BCUT2D eigenvalue weighted by atomic mass is 10.2. The molecule has 0 saturated carbocycles. The molecule has 1 aliphatic heterocycles. The van der Waals surface area contributed by atoms with Crippen LogP contribution < -0.4 is 9.64 Å². The number of methoxy groups -OCH3 is 1. The van der Waals surface area contributed by atoms with Crippen molar-refractivity contribution >= 4 is 5.82 Å². The molecule has 1 fully saturated rings. The Bertz CT molecular complexity index is 569. The van der Waals surface area contributed by atoms with Crippen molar-refractivity contribution in [3.8, 4) is 5.88 Å². The van der Waals surface area contributed by atoms with Crippen LogP contribution in [0.2, 0.25) is 0 Å². The molecule has 0 atom stereocenters. The standard InChI is InChI=1S/C15H19N5O/c1-21-15-14(17-5-6-18-15)20-9-7-19(8-10-20)12-13-3-2-4-16-11-13/h2-6,11H,7-10,12H2,1H3. The molecule has 3 heterocycles. The molecule has 0 radical (unpaired) electrons. The SMILES string of the molecule is COc1nccnc1N1CCN(Cc2cccnc2)CC1. The quantitative estimate of drug-likeness (QED) is 0.841. The molecule has 110 valence electrons. The van der Waals surface area contributed by atoms with E-state index >= 15 is 0 Å². The van der Waals surface area contributed by atoms with Crippen LogP contribution in [0.1, 0.15) is 5.56 Å². The summed E-state index contributed by atoms with van der Waals surface area (Å²) in [5, 5.41) is 0. The summed E-state index contributed by atoms with van der Waals surface area (Å²) in [4.78, 5) is 17.4. The zero-order valence-corrected chi connectivity index (χ0v) is 12.1. The minimum Gasteiger partial charge on any atom is -0.478 e. The zero-order chi connectivity index (χ0) is 14.5. The molecule has 2 aromatic heterocycles. The van der Waals surface area contributed by atoms with E-state index in [1.165, 1.54) is 5.56 Å². The van der Waals surface area contributed by atoms with Gasteiger partial charge in [-0.15, -0.1) is 0 Å². The van der Waals surface area contributed by atoms with Crippen LogP contribution in [0.5, 0.6) is 5.88 Å². The van der Waals surface area contributed by atoms with Gasteiger partial charge in [0.25, 0.3) is 5.88 Å². The van der Waals surface area contributed by atoms with Gasteiger partial charge in [-0.3, -0.25) is 9.88 Å². The smallest absolute Gasteiger partial charge is 0.257 e. The molecule has 21 heavy (non-hydrogen) atoms. The van der Waals surface area contributed by atoms with Crippen LogP contribution in [-0.4, -0.2) is 53.1 Å². The van der Waals surface area contributed by atoms with Gasteiger partial charge in [0.15, 0.2) is 5.82 Å². The number of nitrogens with zero attached hydrogens (tertiary/aromatic N) is 5. The highest BCUT2D eigenvalue weighted by molar-refractivity contribution is 5.48. The lowest BCUT2D eigenvalue weighted by Gasteiger charge is -2.35. The average Bonchev–Trinajstić information content (AvgIpc) is 2.56. The molecule has 1 saturated heterocycles. The summed E-state index contributed by atoms with van der Waals surface area (Å²) < 4.78 is 5.28. The van der Waals surface area contributed by atoms with Crippen molar-refractivity contribution in [2.24, 2.45) is 0 Å². The van der Waals surface area contributed by atoms with Crippen molar-refractivity contribution in [1.29, 1.82) is 0 Å². The maximum Gasteiger partial charge on any atom is 0.257 e. The van der Waals surface area contributed by atoms with E-state index in [1.54, 1.807) is 19.5 Å². The molecule has 0 N–H and O–H groups in total. The summed E-state index contributed by atoms with van der Waals surface area (Å²) in [5.41, 5.74) is 1.25. The molecule has 2 aromatic rings. The molecule has 3 rings (SSSR count). The molecule has 0 aromatic carbocycles. The summed E-state index contributed by atoms with van der Waals surface area (Å²) in [6, 6.07) is 4.10. The first-order valence-corrected chi connectivity index (χ1v) is 7.08. The average molecular weight is 285 g/mol. The van der Waals surface area contributed by atoms with E-state index < -0.39 is 0 Å². The highest BCUT2D eigenvalue weighted by Crippen LogP contribution is 2.23. The first-order chi connectivity index (χ1) is 10.4. The van der Waals surface area contributed by atoms with Crippen molar-refractivity contribution in [3.63, 3.8) is 0 Å². The Morgan fingerprint density at radius 1 is 1.10 bits per heavy atom. The molecule has 0 aliphatic carbocycles. The van der Waals surface area contributed by atoms with Crippen LogP contribution in [0.15, 0.2) is 36.9 Å². The predicted octanol–water partition coefficient (Wildman–Crippen LogP) is 1.20. The van der Waals surface area contributed by atoms with Crippen molar-refractivity contribution in [2.45, 2.75) is 6.54 Å². The molecule has 0 spiro atoms. The van der Waals surface area contributed by atoms with E-state index in [9.17, 15) is 0 Å². The topological polar surface area (TPSA) is 54.4 Å². The monoisotopic (exact) mass is 285 g/mol. The van der Waals surface area contributed by atoms with Crippen molar-refractivity contribution < 1.29 is 4.74 Å². The van der Waals surface area contributed by atoms with Crippen LogP contribution in [0.3, 0.4) is 0 Å². The molecular formula is C15H19N5O. The van der Waals surface area contributed by atoms with E-state index in [0.29, 0.717) is 5.88 Å². The zero-order valence-electron chi connectivity index (χ0n) is 12.1. The number of hydrogen-bond donors (Lipinski definition) is 0. The van der Waals surface area contributed by atoms with Crippen LogP contribution in [0.25, 0.3) is 0 Å². The third-order valence-corrected chi connectivity index (χ3v) is 3.64. The van der Waals surface area contributed by atoms with E-state index in [2.05, 4.69) is 30.8 Å². The van der Waals surface area contributed by atoms with E-state index in [4.69, 9.17) is 4.74 Å². The predicted molar refractivity (Wildman–Crippen MR) is 80.3 cm³/mol. The molecule has 0 unspecified atom stereocenters. The van der Waals surface area contributed by atoms with Crippen molar-refractivity contribution in [2.75, 3.05) is 38.2 Å². The van der Waals surface area contributed by atoms with Gasteiger partial charge in [0.1, 0.15) is 0 Å². The van der Waals surface area contributed by atoms with E-state index in [0.717, 1.165) is 38.5 Å². The second kappa shape index (κ2) is 6.49. The minimum atomic E-state index is 0.596. The van der Waals surface area contributed by atoms with Crippen molar-refractivity contribution in [3.05, 3.63) is 42.5 Å². The maximum atomic E-state index is 5.28. The maximum absolute atomic E-state index is 5.28. The number of rotatable bonds is 4. The van der Waals surface area contributed by atoms with Gasteiger partial charge in [0, 0.05) is 57.5 Å². The van der Waals surface area contributed by atoms with E-state index in [1.807, 2.05) is 18.5 Å². The van der Waals surface area contributed by atoms with Gasteiger partial charge in [0.2, 0.25) is 0 Å². The summed E-state index contributed by atoms with van der Waals surface area (Å²) in [6.45, 7) is 4.78. The molecular weight excluding hydrogens is 266 g/mol. The Morgan fingerprint density at radius 2 is 1.90 bits per heavy atom. The minimum absolute atomic E-state index is 0.596. The molecule has 1 aliphatic rings. The summed E-state index contributed by atoms with van der Waals surface area (Å²) >= 11 is 0. The van der Waals surface area contributed by atoms with Gasteiger partial charge < -0.3 is 9.64 Å². The van der Waals surface area contributed by atoms with Gasteiger partial charge in [0.05, 0.1) is 7.11 Å². The normalized spacial score (nSPS) is 16.0. The van der Waals surface area contributed by atoms with Gasteiger partial charge >= 0.3 is 0 Å². The highest BCUT2D eigenvalue weighted by Gasteiger charge is 2.21. The largest absolute Gasteiger partial charge is 0.478 e. The summed E-state index contributed by atoms with van der Waals surface area (Å²) in [7, 11) is 1.63. The Balaban J connectivity index is 1.60. The van der Waals surface area contributed by atoms with Crippen LogP contribution in [0, 0.1) is 0 Å². The Morgan fingerprint density at radius 3 is 2.62 bits per heavy atom. The number of ether oxygens (including phenoxy) is 1. The fourth-order valence-corrected chi connectivity index (χ4v) is 2.55. The number of hydrogen-bond acceptors (Lipinski definition) is 6. The lowest BCUT2D eigenvalue weighted by molar-refractivity contribution is 0.248. The second-order valence-corrected chi connectivity index (χ2v) is 5.01. The number of pyridine rings is 1. The third-order valence-electron chi connectivity index (χ3n) is 3.64. The van der Waals surface area contributed by atoms with E-state index in [-0.39, 0.29) is 0 Å².